The summed E-state index contributed by atoms with van der Waals surface area (Å²) in [6.45, 7) is 4.84. The second-order valence-electron chi connectivity index (χ2n) is 7.24. The maximum absolute atomic E-state index is 13.0. The topological polar surface area (TPSA) is 69.7 Å². The average Bonchev–Trinajstić information content (AvgIpc) is 2.68. The van der Waals surface area contributed by atoms with Crippen LogP contribution in [-0.4, -0.2) is 56.3 Å². The van der Waals surface area contributed by atoms with Gasteiger partial charge >= 0.3 is 0 Å². The average molecular weight is 380 g/mol. The molecule has 1 amide bonds. The first-order chi connectivity index (χ1) is 12.5. The molecule has 2 aliphatic heterocycles. The van der Waals surface area contributed by atoms with Crippen LogP contribution in [0.3, 0.4) is 0 Å². The van der Waals surface area contributed by atoms with Gasteiger partial charge in [0.2, 0.25) is 15.9 Å². The van der Waals surface area contributed by atoms with E-state index in [-0.39, 0.29) is 12.5 Å². The Morgan fingerprint density at radius 3 is 2.27 bits per heavy atom. The second kappa shape index (κ2) is 8.39. The molecule has 1 aromatic carbocycles. The van der Waals surface area contributed by atoms with Gasteiger partial charge in [-0.3, -0.25) is 4.79 Å². The fraction of sp³-hybridized carbons (Fsp3) is 0.632. The van der Waals surface area contributed by atoms with Crippen LogP contribution in [0.5, 0.6) is 0 Å². The van der Waals surface area contributed by atoms with Crippen LogP contribution in [0.15, 0.2) is 23.1 Å². The lowest BCUT2D eigenvalue weighted by Crippen LogP contribution is -2.39. The molecule has 0 aromatic heterocycles. The Balaban J connectivity index is 1.70. The van der Waals surface area contributed by atoms with Gasteiger partial charge < -0.3 is 10.2 Å². The smallest absolute Gasteiger partial charge is 0.243 e. The number of carbonyl (C=O) groups excluding carboxylic acids is 1. The predicted molar refractivity (Wildman–Crippen MR) is 103 cm³/mol. The van der Waals surface area contributed by atoms with E-state index in [0.717, 1.165) is 50.8 Å². The van der Waals surface area contributed by atoms with Crippen molar-refractivity contribution in [1.82, 2.24) is 9.21 Å². The van der Waals surface area contributed by atoms with Crippen LogP contribution in [0, 0.1) is 6.92 Å². The maximum Gasteiger partial charge on any atom is 0.243 e. The van der Waals surface area contributed by atoms with Crippen molar-refractivity contribution < 1.29 is 13.2 Å². The number of amides is 1. The van der Waals surface area contributed by atoms with E-state index in [1.165, 1.54) is 6.42 Å². The monoisotopic (exact) mass is 379 g/mol. The van der Waals surface area contributed by atoms with Gasteiger partial charge in [-0.1, -0.05) is 12.5 Å². The number of anilines is 1. The Bertz CT molecular complexity index is 736. The van der Waals surface area contributed by atoms with Crippen molar-refractivity contribution in [2.75, 3.05) is 38.0 Å². The highest BCUT2D eigenvalue weighted by molar-refractivity contribution is 7.89. The number of piperidine rings is 2. The Morgan fingerprint density at radius 2 is 1.62 bits per heavy atom. The number of rotatable bonds is 5. The first kappa shape index (κ1) is 19.2. The molecule has 0 aliphatic carbocycles. The summed E-state index contributed by atoms with van der Waals surface area (Å²) in [6, 6.07) is 5.32. The van der Waals surface area contributed by atoms with Crippen molar-refractivity contribution in [3.63, 3.8) is 0 Å². The molecule has 2 heterocycles. The van der Waals surface area contributed by atoms with Crippen LogP contribution in [0.25, 0.3) is 0 Å². The third kappa shape index (κ3) is 4.38. The minimum Gasteiger partial charge on any atom is -0.376 e. The van der Waals surface area contributed by atoms with E-state index in [1.54, 1.807) is 10.4 Å². The number of likely N-dealkylation sites (tertiary alicyclic amines) is 1. The SMILES string of the molecule is Cc1ccc(NCC(=O)N2CCCCC2)cc1S(=O)(=O)N1CCCCC1. The van der Waals surface area contributed by atoms with Gasteiger partial charge in [0.25, 0.3) is 0 Å². The standard InChI is InChI=1S/C19H29N3O3S/c1-16-8-9-17(20-15-19(23)21-10-4-2-5-11-21)14-18(16)26(24,25)22-12-6-3-7-13-22/h8-9,14,20H,2-7,10-13,15H2,1H3. The molecule has 2 fully saturated rings. The van der Waals surface area contributed by atoms with Crippen LogP contribution in [-0.2, 0) is 14.8 Å². The van der Waals surface area contributed by atoms with Crippen molar-refractivity contribution in [2.24, 2.45) is 0 Å². The number of nitrogens with zero attached hydrogens (tertiary/aromatic N) is 2. The highest BCUT2D eigenvalue weighted by atomic mass is 32.2. The number of sulfonamides is 1. The van der Waals surface area contributed by atoms with Crippen molar-refractivity contribution in [2.45, 2.75) is 50.3 Å². The minimum absolute atomic E-state index is 0.0747. The molecule has 0 unspecified atom stereocenters. The van der Waals surface area contributed by atoms with Gasteiger partial charge in [-0.25, -0.2) is 8.42 Å². The van der Waals surface area contributed by atoms with Crippen LogP contribution < -0.4 is 5.32 Å². The summed E-state index contributed by atoms with van der Waals surface area (Å²) < 4.78 is 27.5. The van der Waals surface area contributed by atoms with E-state index in [9.17, 15) is 13.2 Å². The summed E-state index contributed by atoms with van der Waals surface area (Å²) in [5, 5.41) is 3.11. The molecule has 0 saturated carbocycles. The third-order valence-electron chi connectivity index (χ3n) is 5.27. The molecule has 26 heavy (non-hydrogen) atoms. The molecule has 7 heteroatoms. The molecule has 144 valence electrons. The lowest BCUT2D eigenvalue weighted by Gasteiger charge is -2.27. The molecule has 1 N–H and O–H groups in total. The normalized spacial score (nSPS) is 19.3. The van der Waals surface area contributed by atoms with Crippen molar-refractivity contribution >= 4 is 21.6 Å². The van der Waals surface area contributed by atoms with E-state index in [4.69, 9.17) is 0 Å². The summed E-state index contributed by atoms with van der Waals surface area (Å²) in [6.07, 6.45) is 6.24. The Morgan fingerprint density at radius 1 is 1.00 bits per heavy atom. The molecule has 3 rings (SSSR count). The Labute approximate surface area is 156 Å². The van der Waals surface area contributed by atoms with E-state index < -0.39 is 10.0 Å². The molecule has 2 saturated heterocycles. The molecule has 0 radical (unpaired) electrons. The van der Waals surface area contributed by atoms with Gasteiger partial charge in [0, 0.05) is 31.9 Å². The van der Waals surface area contributed by atoms with Crippen LogP contribution in [0.4, 0.5) is 5.69 Å². The van der Waals surface area contributed by atoms with Gasteiger partial charge in [-0.2, -0.15) is 4.31 Å². The Kier molecular flexibility index (Phi) is 6.19. The number of hydrogen-bond donors (Lipinski definition) is 1. The molecular formula is C19H29N3O3S. The quantitative estimate of drug-likeness (QED) is 0.854. The van der Waals surface area contributed by atoms with E-state index in [0.29, 0.717) is 23.7 Å². The second-order valence-corrected chi connectivity index (χ2v) is 9.15. The summed E-state index contributed by atoms with van der Waals surface area (Å²) in [4.78, 5) is 14.5. The summed E-state index contributed by atoms with van der Waals surface area (Å²) >= 11 is 0. The van der Waals surface area contributed by atoms with Gasteiger partial charge in [0.15, 0.2) is 0 Å². The minimum atomic E-state index is -3.48. The van der Waals surface area contributed by atoms with Gasteiger partial charge in [-0.15, -0.1) is 0 Å². The number of aryl methyl sites for hydroxylation is 1. The van der Waals surface area contributed by atoms with Gasteiger partial charge in [-0.05, 0) is 56.7 Å². The van der Waals surface area contributed by atoms with Gasteiger partial charge in [0.1, 0.15) is 0 Å². The largest absolute Gasteiger partial charge is 0.376 e. The predicted octanol–water partition coefficient (Wildman–Crippen LogP) is 2.59. The zero-order valence-corrected chi connectivity index (χ0v) is 16.4. The molecule has 0 spiro atoms. The van der Waals surface area contributed by atoms with E-state index >= 15 is 0 Å². The van der Waals surface area contributed by atoms with Crippen LogP contribution in [0.1, 0.15) is 44.1 Å². The molecule has 0 bridgehead atoms. The fourth-order valence-electron chi connectivity index (χ4n) is 3.67. The number of carbonyl (C=O) groups is 1. The highest BCUT2D eigenvalue weighted by Gasteiger charge is 2.27. The number of hydrogen-bond acceptors (Lipinski definition) is 4. The Hall–Kier alpha value is -1.60. The van der Waals surface area contributed by atoms with Crippen LogP contribution in [0.2, 0.25) is 0 Å². The summed E-state index contributed by atoms with van der Waals surface area (Å²) in [5.74, 6) is 0.0747. The molecular weight excluding hydrogens is 350 g/mol. The third-order valence-corrected chi connectivity index (χ3v) is 7.31. The zero-order valence-electron chi connectivity index (χ0n) is 15.5. The molecule has 6 nitrogen and oxygen atoms in total. The molecule has 2 aliphatic rings. The fourth-order valence-corrected chi connectivity index (χ4v) is 5.43. The first-order valence-corrected chi connectivity index (χ1v) is 11.0. The molecule has 1 aromatic rings. The van der Waals surface area contributed by atoms with Gasteiger partial charge in [0.05, 0.1) is 11.4 Å². The number of nitrogens with one attached hydrogen (secondary N) is 1. The highest BCUT2D eigenvalue weighted by Crippen LogP contribution is 2.26. The zero-order chi connectivity index (χ0) is 18.6. The lowest BCUT2D eigenvalue weighted by molar-refractivity contribution is -0.130. The summed E-state index contributed by atoms with van der Waals surface area (Å²) in [7, 11) is -3.48. The lowest BCUT2D eigenvalue weighted by atomic mass is 10.1. The van der Waals surface area contributed by atoms with E-state index in [1.807, 2.05) is 24.0 Å². The van der Waals surface area contributed by atoms with E-state index in [2.05, 4.69) is 5.32 Å². The first-order valence-electron chi connectivity index (χ1n) is 9.61. The van der Waals surface area contributed by atoms with Crippen molar-refractivity contribution in [1.29, 1.82) is 0 Å². The van der Waals surface area contributed by atoms with Crippen molar-refractivity contribution in [3.05, 3.63) is 23.8 Å². The van der Waals surface area contributed by atoms with Crippen LogP contribution >= 0.6 is 0 Å². The molecule has 0 atom stereocenters. The number of benzene rings is 1. The summed E-state index contributed by atoms with van der Waals surface area (Å²) in [5.41, 5.74) is 1.42. The van der Waals surface area contributed by atoms with Crippen molar-refractivity contribution in [3.8, 4) is 0 Å². The maximum atomic E-state index is 13.0.